The second-order valence-electron chi connectivity index (χ2n) is 4.87. The maximum Gasteiger partial charge on any atom is -0.0245 e. The molecule has 70 valence electrons. The van der Waals surface area contributed by atoms with Crippen molar-refractivity contribution in [2.24, 2.45) is 5.92 Å². The van der Waals surface area contributed by atoms with E-state index < -0.39 is 0 Å². The zero-order valence-electron chi connectivity index (χ0n) is 8.31. The molecule has 1 fully saturated rings. The second-order valence-corrected chi connectivity index (χ2v) is 4.87. The highest BCUT2D eigenvalue weighted by Gasteiger charge is 2.31. The van der Waals surface area contributed by atoms with Gasteiger partial charge in [-0.1, -0.05) is 11.6 Å². The first-order chi connectivity index (χ1) is 6.43. The van der Waals surface area contributed by atoms with E-state index in [-0.39, 0.29) is 0 Å². The van der Waals surface area contributed by atoms with E-state index in [9.17, 15) is 0 Å². The quantitative estimate of drug-likeness (QED) is 0.564. The normalized spacial score (nSPS) is 32.6. The highest BCUT2D eigenvalue weighted by atomic mass is 14.4. The Hall–Kier alpha value is -0.520. The van der Waals surface area contributed by atoms with Crippen LogP contribution >= 0.6 is 0 Å². The molecule has 0 radical (unpaired) electrons. The summed E-state index contributed by atoms with van der Waals surface area (Å²) in [6, 6.07) is 0. The molecule has 0 aromatic heterocycles. The van der Waals surface area contributed by atoms with Gasteiger partial charge in [0.15, 0.2) is 0 Å². The lowest BCUT2D eigenvalue weighted by molar-refractivity contribution is 0.560. The molecule has 3 rings (SSSR count). The first-order valence-electron chi connectivity index (χ1n) is 5.84. The average molecular weight is 174 g/mol. The van der Waals surface area contributed by atoms with Gasteiger partial charge in [0.05, 0.1) is 0 Å². The maximum absolute atomic E-state index is 2.52. The highest BCUT2D eigenvalue weighted by molar-refractivity contribution is 5.41. The first-order valence-corrected chi connectivity index (χ1v) is 5.84. The van der Waals surface area contributed by atoms with Crippen LogP contribution in [0.15, 0.2) is 22.8 Å². The molecule has 2 bridgehead atoms. The molecular formula is C13H18. The summed E-state index contributed by atoms with van der Waals surface area (Å²) in [4.78, 5) is 0. The van der Waals surface area contributed by atoms with Crippen LogP contribution in [0.3, 0.4) is 0 Å². The molecule has 13 heavy (non-hydrogen) atoms. The fourth-order valence-corrected chi connectivity index (χ4v) is 3.28. The van der Waals surface area contributed by atoms with Crippen molar-refractivity contribution in [3.8, 4) is 0 Å². The van der Waals surface area contributed by atoms with E-state index in [1.165, 1.54) is 51.4 Å². The van der Waals surface area contributed by atoms with Crippen molar-refractivity contribution in [3.63, 3.8) is 0 Å². The lowest BCUT2D eigenvalue weighted by Crippen LogP contribution is -2.00. The predicted octanol–water partition coefficient (Wildman–Crippen LogP) is 3.99. The van der Waals surface area contributed by atoms with E-state index in [4.69, 9.17) is 0 Å². The fraction of sp³-hybridized carbons (Fsp3) is 0.692. The van der Waals surface area contributed by atoms with Gasteiger partial charge in [0.25, 0.3) is 0 Å². The predicted molar refractivity (Wildman–Crippen MR) is 55.5 cm³/mol. The van der Waals surface area contributed by atoms with Gasteiger partial charge in [-0.2, -0.15) is 0 Å². The van der Waals surface area contributed by atoms with E-state index in [2.05, 4.69) is 6.08 Å². The summed E-state index contributed by atoms with van der Waals surface area (Å²) in [6.45, 7) is 0. The molecule has 0 N–H and O–H groups in total. The van der Waals surface area contributed by atoms with E-state index >= 15 is 0 Å². The molecule has 0 saturated heterocycles. The summed E-state index contributed by atoms with van der Waals surface area (Å²) in [5.74, 6) is 1.05. The van der Waals surface area contributed by atoms with Gasteiger partial charge in [-0.25, -0.2) is 0 Å². The molecule has 0 nitrogen and oxygen atoms in total. The van der Waals surface area contributed by atoms with Crippen molar-refractivity contribution in [1.29, 1.82) is 0 Å². The van der Waals surface area contributed by atoms with Gasteiger partial charge in [0, 0.05) is 0 Å². The first kappa shape index (κ1) is 7.84. The lowest BCUT2D eigenvalue weighted by atomic mass is 9.87. The van der Waals surface area contributed by atoms with Crippen molar-refractivity contribution < 1.29 is 0 Å². The maximum atomic E-state index is 2.52. The Morgan fingerprint density at radius 2 is 2.08 bits per heavy atom. The third-order valence-electron chi connectivity index (χ3n) is 3.99. The van der Waals surface area contributed by atoms with E-state index in [1.54, 1.807) is 11.1 Å². The Bertz CT molecular complexity index is 280. The Balaban J connectivity index is 1.88. The molecule has 0 aromatic rings. The summed E-state index contributed by atoms with van der Waals surface area (Å²) in [7, 11) is 0. The largest absolute Gasteiger partial charge is 0.0810 e. The van der Waals surface area contributed by atoms with Crippen LogP contribution in [0.5, 0.6) is 0 Å². The Kier molecular flexibility index (Phi) is 1.81. The average Bonchev–Trinajstić information content (AvgIpc) is 2.80. The van der Waals surface area contributed by atoms with Crippen LogP contribution in [0.2, 0.25) is 0 Å². The SMILES string of the molecule is C1=C(C2=C3CC[C@@H](C3)C2)CCCC1. The fourth-order valence-electron chi connectivity index (χ4n) is 3.28. The van der Waals surface area contributed by atoms with Gasteiger partial charge in [-0.3, -0.25) is 0 Å². The Morgan fingerprint density at radius 1 is 1.08 bits per heavy atom. The molecule has 0 aliphatic heterocycles. The number of rotatable bonds is 1. The molecule has 0 amide bonds. The van der Waals surface area contributed by atoms with Crippen LogP contribution in [0, 0.1) is 5.92 Å². The standard InChI is InChI=1S/C13H18/c1-2-4-11(5-3-1)13-9-10-6-7-12(13)8-10/h4,10H,1-3,5-9H2/t10-/m0/s1. The summed E-state index contributed by atoms with van der Waals surface area (Å²) >= 11 is 0. The van der Waals surface area contributed by atoms with Crippen LogP contribution in [0.4, 0.5) is 0 Å². The number of hydrogen-bond acceptors (Lipinski definition) is 0. The van der Waals surface area contributed by atoms with Gasteiger partial charge in [0.1, 0.15) is 0 Å². The third kappa shape index (κ3) is 1.27. The molecule has 0 heterocycles. The van der Waals surface area contributed by atoms with Crippen molar-refractivity contribution in [1.82, 2.24) is 0 Å². The Morgan fingerprint density at radius 3 is 2.69 bits per heavy atom. The third-order valence-corrected chi connectivity index (χ3v) is 3.99. The monoisotopic (exact) mass is 174 g/mol. The summed E-state index contributed by atoms with van der Waals surface area (Å²) < 4.78 is 0. The zero-order valence-corrected chi connectivity index (χ0v) is 8.31. The van der Waals surface area contributed by atoms with Crippen molar-refractivity contribution in [2.45, 2.75) is 51.4 Å². The molecule has 0 unspecified atom stereocenters. The molecular weight excluding hydrogens is 156 g/mol. The van der Waals surface area contributed by atoms with E-state index in [0.717, 1.165) is 5.92 Å². The van der Waals surface area contributed by atoms with Gasteiger partial charge < -0.3 is 0 Å². The minimum atomic E-state index is 1.05. The summed E-state index contributed by atoms with van der Waals surface area (Å²) in [5, 5.41) is 0. The minimum Gasteiger partial charge on any atom is -0.0810 e. The molecule has 0 aromatic carbocycles. The summed E-state index contributed by atoms with van der Waals surface area (Å²) in [5.41, 5.74) is 5.37. The number of fused-ring (bicyclic) bond motifs is 2. The van der Waals surface area contributed by atoms with Crippen LogP contribution in [0.1, 0.15) is 51.4 Å². The summed E-state index contributed by atoms with van der Waals surface area (Å²) in [6.07, 6.45) is 13.9. The van der Waals surface area contributed by atoms with E-state index in [0.29, 0.717) is 0 Å². The van der Waals surface area contributed by atoms with Crippen LogP contribution in [-0.4, -0.2) is 0 Å². The van der Waals surface area contributed by atoms with Gasteiger partial charge >= 0.3 is 0 Å². The molecule has 1 atom stereocenters. The minimum absolute atomic E-state index is 1.05. The molecule has 3 aliphatic rings. The topological polar surface area (TPSA) is 0 Å². The number of allylic oxidation sites excluding steroid dienone is 4. The van der Waals surface area contributed by atoms with Crippen LogP contribution < -0.4 is 0 Å². The molecule has 1 saturated carbocycles. The lowest BCUT2D eigenvalue weighted by Gasteiger charge is -2.18. The van der Waals surface area contributed by atoms with E-state index in [1.807, 2.05) is 5.57 Å². The molecule has 3 aliphatic carbocycles. The van der Waals surface area contributed by atoms with Gasteiger partial charge in [-0.05, 0) is 68.4 Å². The highest BCUT2D eigenvalue weighted by Crippen LogP contribution is 2.47. The van der Waals surface area contributed by atoms with Crippen LogP contribution in [-0.2, 0) is 0 Å². The molecule has 0 spiro atoms. The molecule has 0 heteroatoms. The van der Waals surface area contributed by atoms with Crippen molar-refractivity contribution in [2.75, 3.05) is 0 Å². The van der Waals surface area contributed by atoms with Gasteiger partial charge in [-0.15, -0.1) is 0 Å². The number of hydrogen-bond donors (Lipinski definition) is 0. The smallest absolute Gasteiger partial charge is 0.0245 e. The van der Waals surface area contributed by atoms with Crippen molar-refractivity contribution in [3.05, 3.63) is 22.8 Å². The Labute approximate surface area is 80.7 Å². The van der Waals surface area contributed by atoms with Crippen LogP contribution in [0.25, 0.3) is 0 Å². The zero-order chi connectivity index (χ0) is 8.67. The van der Waals surface area contributed by atoms with Gasteiger partial charge in [0.2, 0.25) is 0 Å². The van der Waals surface area contributed by atoms with Crippen molar-refractivity contribution >= 4 is 0 Å². The second kappa shape index (κ2) is 3.01.